The van der Waals surface area contributed by atoms with E-state index in [-0.39, 0.29) is 27.6 Å². The summed E-state index contributed by atoms with van der Waals surface area (Å²) in [4.78, 5) is 25.9. The fourth-order valence-corrected chi connectivity index (χ4v) is 9.30. The fourth-order valence-electron chi connectivity index (χ4n) is 8.78. The van der Waals surface area contributed by atoms with Crippen molar-refractivity contribution in [2.24, 2.45) is 31.6 Å². The minimum absolute atomic E-state index is 0.0628. The van der Waals surface area contributed by atoms with Gasteiger partial charge in [0.25, 0.3) is 5.91 Å². The lowest BCUT2D eigenvalue weighted by molar-refractivity contribution is -0.189. The third-order valence-corrected chi connectivity index (χ3v) is 8.94. The first-order chi connectivity index (χ1) is 15.1. The van der Waals surface area contributed by atoms with Crippen LogP contribution in [0.4, 0.5) is 0 Å². The molecule has 32 heavy (non-hydrogen) atoms. The summed E-state index contributed by atoms with van der Waals surface area (Å²) < 4.78 is 1.17. The Morgan fingerprint density at radius 1 is 0.969 bits per heavy atom. The van der Waals surface area contributed by atoms with Crippen molar-refractivity contribution in [3.63, 3.8) is 0 Å². The number of carbonyl (C=O) groups is 1. The maximum absolute atomic E-state index is 14.0. The molecular formula is C27H30IN3O. The van der Waals surface area contributed by atoms with Crippen LogP contribution in [0.25, 0.3) is 0 Å². The zero-order chi connectivity index (χ0) is 22.4. The van der Waals surface area contributed by atoms with Gasteiger partial charge < -0.3 is 4.90 Å². The number of hydrogen-bond donors (Lipinski definition) is 0. The van der Waals surface area contributed by atoms with E-state index in [1.54, 1.807) is 0 Å². The summed E-state index contributed by atoms with van der Waals surface area (Å²) in [7, 11) is 0. The number of fused-ring (bicyclic) bond motifs is 2. The lowest BCUT2D eigenvalue weighted by Crippen LogP contribution is -2.60. The van der Waals surface area contributed by atoms with Gasteiger partial charge in [0.15, 0.2) is 5.84 Å². The predicted octanol–water partition coefficient (Wildman–Crippen LogP) is 6.41. The molecule has 0 unspecified atom stereocenters. The zero-order valence-electron chi connectivity index (χ0n) is 19.1. The molecule has 2 heterocycles. The van der Waals surface area contributed by atoms with Gasteiger partial charge in [-0.1, -0.05) is 45.0 Å². The monoisotopic (exact) mass is 539 g/mol. The van der Waals surface area contributed by atoms with Crippen LogP contribution in [-0.4, -0.2) is 22.5 Å². The first-order valence-corrected chi connectivity index (χ1v) is 12.8. The van der Waals surface area contributed by atoms with E-state index in [9.17, 15) is 4.79 Å². The molecule has 4 saturated carbocycles. The molecule has 0 atom stereocenters. The quantitative estimate of drug-likeness (QED) is 0.388. The molecule has 0 saturated heterocycles. The molecule has 4 fully saturated rings. The lowest BCUT2D eigenvalue weighted by atomic mass is 9.36. The largest absolute Gasteiger partial charge is 0.327 e. The Labute approximate surface area is 204 Å². The van der Waals surface area contributed by atoms with E-state index in [0.717, 1.165) is 42.8 Å². The second kappa shape index (κ2) is 6.64. The van der Waals surface area contributed by atoms with Crippen LogP contribution in [0.15, 0.2) is 56.2 Å². The number of allylic oxidation sites excluding steroid dienone is 2. The first kappa shape index (κ1) is 20.8. The Bertz CT molecular complexity index is 1110. The molecule has 0 N–H and O–H groups in total. The summed E-state index contributed by atoms with van der Waals surface area (Å²) in [5, 5.41) is 0. The lowest BCUT2D eigenvalue weighted by Gasteiger charge is -2.68. The Balaban J connectivity index is 1.45. The summed E-state index contributed by atoms with van der Waals surface area (Å²) >= 11 is 2.33. The Morgan fingerprint density at radius 3 is 2.25 bits per heavy atom. The summed E-state index contributed by atoms with van der Waals surface area (Å²) in [6, 6.07) is 8.26. The molecule has 1 amide bonds. The number of amidine groups is 2. The SMILES string of the molecule is CC12CC3(C)CC(C)(C1)CC(C(=O)N=C1N=C4C=CC(I)=CN4Cc4ccccc41)(C2)C3. The van der Waals surface area contributed by atoms with Crippen molar-refractivity contribution in [3.05, 3.63) is 57.3 Å². The van der Waals surface area contributed by atoms with Gasteiger partial charge in [-0.15, -0.1) is 0 Å². The third-order valence-electron chi connectivity index (χ3n) is 8.30. The van der Waals surface area contributed by atoms with Crippen molar-refractivity contribution in [2.45, 2.75) is 65.8 Å². The van der Waals surface area contributed by atoms with Crippen LogP contribution in [-0.2, 0) is 11.3 Å². The van der Waals surface area contributed by atoms with Crippen molar-refractivity contribution >= 4 is 40.2 Å². The smallest absolute Gasteiger partial charge is 0.253 e. The average molecular weight is 539 g/mol. The van der Waals surface area contributed by atoms with Gasteiger partial charge in [-0.2, -0.15) is 4.99 Å². The van der Waals surface area contributed by atoms with Gasteiger partial charge in [0, 0.05) is 21.9 Å². The first-order valence-electron chi connectivity index (χ1n) is 11.7. The Hall–Kier alpha value is -1.76. The molecule has 4 aliphatic carbocycles. The van der Waals surface area contributed by atoms with Crippen molar-refractivity contribution in [3.8, 4) is 0 Å². The van der Waals surface area contributed by atoms with Crippen LogP contribution < -0.4 is 0 Å². The highest BCUT2D eigenvalue weighted by atomic mass is 127. The van der Waals surface area contributed by atoms with Crippen molar-refractivity contribution in [1.29, 1.82) is 0 Å². The van der Waals surface area contributed by atoms with E-state index < -0.39 is 0 Å². The number of benzene rings is 1. The van der Waals surface area contributed by atoms with Gasteiger partial charge in [0.1, 0.15) is 5.84 Å². The van der Waals surface area contributed by atoms with E-state index in [0.29, 0.717) is 5.84 Å². The van der Waals surface area contributed by atoms with Gasteiger partial charge >= 0.3 is 0 Å². The maximum Gasteiger partial charge on any atom is 0.253 e. The van der Waals surface area contributed by atoms with Gasteiger partial charge in [-0.25, -0.2) is 4.99 Å². The third kappa shape index (κ3) is 3.25. The van der Waals surface area contributed by atoms with Gasteiger partial charge in [0.05, 0.1) is 5.41 Å². The van der Waals surface area contributed by atoms with Crippen LogP contribution in [0.1, 0.15) is 70.4 Å². The number of carbonyl (C=O) groups excluding carboxylic acids is 1. The highest BCUT2D eigenvalue weighted by Gasteiger charge is 2.66. The summed E-state index contributed by atoms with van der Waals surface area (Å²) in [6.45, 7) is 7.97. The summed E-state index contributed by atoms with van der Waals surface area (Å²) in [5.74, 6) is 1.49. The second-order valence-corrected chi connectivity index (χ2v) is 13.4. The standard InChI is InChI=1S/C27H30IN3O/c1-24-12-25(2)14-26(3,13-24)17-27(15-24,16-25)23(32)30-22-20-7-5-4-6-18(20)10-31-11-19(28)8-9-21(31)29-22/h4-9,11H,10,12-17H2,1-3H3. The van der Waals surface area contributed by atoms with Gasteiger partial charge in [-0.3, -0.25) is 4.79 Å². The average Bonchev–Trinajstić information content (AvgIpc) is 2.80. The van der Waals surface area contributed by atoms with E-state index in [1.807, 2.05) is 12.1 Å². The predicted molar refractivity (Wildman–Crippen MR) is 137 cm³/mol. The van der Waals surface area contributed by atoms with E-state index in [2.05, 4.69) is 78.7 Å². The summed E-state index contributed by atoms with van der Waals surface area (Å²) in [5.41, 5.74) is 2.57. The second-order valence-electron chi connectivity index (χ2n) is 12.1. The number of hydrogen-bond acceptors (Lipinski definition) is 2. The molecule has 5 heteroatoms. The molecule has 166 valence electrons. The molecular weight excluding hydrogens is 509 g/mol. The molecule has 1 aromatic carbocycles. The molecule has 4 nitrogen and oxygen atoms in total. The molecule has 0 aromatic heterocycles. The number of aliphatic imine (C=N–C) groups is 2. The zero-order valence-corrected chi connectivity index (χ0v) is 21.3. The topological polar surface area (TPSA) is 45.0 Å². The van der Waals surface area contributed by atoms with E-state index in [4.69, 9.17) is 9.98 Å². The molecule has 0 radical (unpaired) electrons. The Kier molecular flexibility index (Phi) is 4.32. The number of amides is 1. The van der Waals surface area contributed by atoms with Crippen LogP contribution in [0, 0.1) is 21.7 Å². The van der Waals surface area contributed by atoms with Crippen LogP contribution in [0.2, 0.25) is 0 Å². The molecule has 6 aliphatic rings. The van der Waals surface area contributed by atoms with Crippen molar-refractivity contribution in [2.75, 3.05) is 0 Å². The minimum atomic E-state index is -0.335. The molecule has 2 aliphatic heterocycles. The van der Waals surface area contributed by atoms with Gasteiger partial charge in [-0.05, 0) is 95.1 Å². The Morgan fingerprint density at radius 2 is 1.59 bits per heavy atom. The molecule has 1 aromatic rings. The van der Waals surface area contributed by atoms with E-state index >= 15 is 0 Å². The van der Waals surface area contributed by atoms with Gasteiger partial charge in [0.2, 0.25) is 0 Å². The number of nitrogens with zero attached hydrogens (tertiary/aromatic N) is 3. The van der Waals surface area contributed by atoms with Crippen LogP contribution >= 0.6 is 22.6 Å². The van der Waals surface area contributed by atoms with Crippen molar-refractivity contribution in [1.82, 2.24) is 4.90 Å². The normalized spacial score (nSPS) is 40.5. The molecule has 4 bridgehead atoms. The highest BCUT2D eigenvalue weighted by Crippen LogP contribution is 2.73. The molecule has 7 rings (SSSR count). The fraction of sp³-hybridized carbons (Fsp3) is 0.519. The molecule has 0 spiro atoms. The van der Waals surface area contributed by atoms with E-state index in [1.165, 1.54) is 22.8 Å². The van der Waals surface area contributed by atoms with Crippen LogP contribution in [0.3, 0.4) is 0 Å². The van der Waals surface area contributed by atoms with Crippen LogP contribution in [0.5, 0.6) is 0 Å². The highest BCUT2D eigenvalue weighted by molar-refractivity contribution is 14.1. The number of halogens is 1. The number of rotatable bonds is 1. The minimum Gasteiger partial charge on any atom is -0.327 e. The summed E-state index contributed by atoms with van der Waals surface area (Å²) in [6.07, 6.45) is 12.9. The van der Waals surface area contributed by atoms with Crippen molar-refractivity contribution < 1.29 is 4.79 Å². The maximum atomic E-state index is 14.0.